The fraction of sp³-hybridized carbons (Fsp3) is 0.455. The molecule has 2 heterocycles. The first kappa shape index (κ1) is 21.7. The number of hydrogen-bond acceptors (Lipinski definition) is 8. The molecule has 0 bridgehead atoms. The number of nitrogens with one attached hydrogen (secondary N) is 1. The lowest BCUT2D eigenvalue weighted by Crippen LogP contribution is -2.28. The molecule has 30 heavy (non-hydrogen) atoms. The van der Waals surface area contributed by atoms with Gasteiger partial charge in [0.05, 0.1) is 23.6 Å². The third kappa shape index (κ3) is 4.94. The van der Waals surface area contributed by atoms with Gasteiger partial charge in [0.15, 0.2) is 0 Å². The topological polar surface area (TPSA) is 126 Å². The van der Waals surface area contributed by atoms with Crippen molar-refractivity contribution in [2.24, 2.45) is 22.4 Å². The van der Waals surface area contributed by atoms with Gasteiger partial charge in [-0.15, -0.1) is 0 Å². The van der Waals surface area contributed by atoms with Crippen LogP contribution in [-0.4, -0.2) is 54.2 Å². The first-order chi connectivity index (χ1) is 14.3. The summed E-state index contributed by atoms with van der Waals surface area (Å²) in [6.07, 6.45) is 10.3. The van der Waals surface area contributed by atoms with E-state index in [9.17, 15) is 0 Å². The minimum absolute atomic E-state index is 0.0210. The van der Waals surface area contributed by atoms with Crippen molar-refractivity contribution in [3.63, 3.8) is 0 Å². The fourth-order valence-electron chi connectivity index (χ4n) is 3.64. The molecular formula is C22H31N7O. The zero-order valence-corrected chi connectivity index (χ0v) is 17.9. The number of aliphatic imine (C=N–C) groups is 1. The molecule has 1 unspecified atom stereocenters. The second-order valence-corrected chi connectivity index (χ2v) is 8.12. The SMILES string of the molecule is CN=CC(=CN)C1C=C(C(=N)c2cc(N3CCOC(C)(C)CC3)ncn2)C(N)=CC1. The summed E-state index contributed by atoms with van der Waals surface area (Å²) >= 11 is 0. The molecule has 160 valence electrons. The van der Waals surface area contributed by atoms with Gasteiger partial charge in [0.25, 0.3) is 0 Å². The molecule has 8 heteroatoms. The Labute approximate surface area is 177 Å². The van der Waals surface area contributed by atoms with Crippen LogP contribution in [0.3, 0.4) is 0 Å². The molecule has 1 aromatic heterocycles. The summed E-state index contributed by atoms with van der Waals surface area (Å²) in [6.45, 7) is 6.43. The second kappa shape index (κ2) is 9.21. The lowest BCUT2D eigenvalue weighted by molar-refractivity contribution is -0.00770. The second-order valence-electron chi connectivity index (χ2n) is 8.12. The van der Waals surface area contributed by atoms with Gasteiger partial charge in [0, 0.05) is 49.6 Å². The number of hydrogen-bond donors (Lipinski definition) is 3. The maximum atomic E-state index is 8.75. The molecule has 0 spiro atoms. The summed E-state index contributed by atoms with van der Waals surface area (Å²) in [5.74, 6) is 0.815. The van der Waals surface area contributed by atoms with E-state index in [-0.39, 0.29) is 17.2 Å². The van der Waals surface area contributed by atoms with Crippen LogP contribution in [0.5, 0.6) is 0 Å². The fourth-order valence-corrected chi connectivity index (χ4v) is 3.64. The maximum absolute atomic E-state index is 8.75. The Balaban J connectivity index is 1.85. The molecule has 1 saturated heterocycles. The van der Waals surface area contributed by atoms with Gasteiger partial charge in [-0.1, -0.05) is 12.2 Å². The number of nitrogens with two attached hydrogens (primary N) is 2. The van der Waals surface area contributed by atoms with Gasteiger partial charge >= 0.3 is 0 Å². The lowest BCUT2D eigenvalue weighted by atomic mass is 9.86. The highest BCUT2D eigenvalue weighted by Crippen LogP contribution is 2.28. The predicted molar refractivity (Wildman–Crippen MR) is 121 cm³/mol. The van der Waals surface area contributed by atoms with E-state index < -0.39 is 0 Å². The molecular weight excluding hydrogens is 378 g/mol. The van der Waals surface area contributed by atoms with Crippen molar-refractivity contribution in [3.05, 3.63) is 53.3 Å². The minimum atomic E-state index is -0.144. The molecule has 3 rings (SSSR count). The van der Waals surface area contributed by atoms with Crippen molar-refractivity contribution >= 4 is 17.7 Å². The number of rotatable bonds is 5. The monoisotopic (exact) mass is 409 g/mol. The minimum Gasteiger partial charge on any atom is -0.404 e. The molecule has 0 aromatic carbocycles. The average molecular weight is 410 g/mol. The summed E-state index contributed by atoms with van der Waals surface area (Å²) < 4.78 is 5.91. The quantitative estimate of drug-likeness (QED) is 0.640. The van der Waals surface area contributed by atoms with Gasteiger partial charge in [-0.3, -0.25) is 10.4 Å². The van der Waals surface area contributed by atoms with Crippen LogP contribution in [0.1, 0.15) is 32.4 Å². The molecule has 0 saturated carbocycles. The zero-order chi connectivity index (χ0) is 21.7. The third-order valence-electron chi connectivity index (χ3n) is 5.51. The Morgan fingerprint density at radius 1 is 1.37 bits per heavy atom. The van der Waals surface area contributed by atoms with Crippen LogP contribution in [0.2, 0.25) is 0 Å². The predicted octanol–water partition coefficient (Wildman–Crippen LogP) is 2.18. The Kier molecular flexibility index (Phi) is 6.66. The first-order valence-electron chi connectivity index (χ1n) is 10.2. The molecule has 8 nitrogen and oxygen atoms in total. The Morgan fingerprint density at radius 2 is 2.17 bits per heavy atom. The molecule has 0 radical (unpaired) electrons. The Bertz CT molecular complexity index is 914. The molecule has 1 aliphatic carbocycles. The molecule has 2 aliphatic rings. The van der Waals surface area contributed by atoms with Gasteiger partial charge in [0.2, 0.25) is 0 Å². The van der Waals surface area contributed by atoms with E-state index in [0.29, 0.717) is 23.6 Å². The largest absolute Gasteiger partial charge is 0.404 e. The van der Waals surface area contributed by atoms with Gasteiger partial charge in [-0.05, 0) is 38.5 Å². The van der Waals surface area contributed by atoms with E-state index in [1.54, 1.807) is 19.5 Å². The Hall–Kier alpha value is -3.00. The van der Waals surface area contributed by atoms with E-state index in [1.165, 1.54) is 6.33 Å². The summed E-state index contributed by atoms with van der Waals surface area (Å²) in [7, 11) is 1.71. The molecule has 1 aliphatic heterocycles. The van der Waals surface area contributed by atoms with Crippen LogP contribution in [0.15, 0.2) is 52.6 Å². The summed E-state index contributed by atoms with van der Waals surface area (Å²) in [6, 6.07) is 1.85. The Morgan fingerprint density at radius 3 is 2.90 bits per heavy atom. The summed E-state index contributed by atoms with van der Waals surface area (Å²) in [4.78, 5) is 15.0. The first-order valence-corrected chi connectivity index (χ1v) is 10.2. The normalized spacial score (nSPS) is 22.4. The van der Waals surface area contributed by atoms with Gasteiger partial charge < -0.3 is 21.1 Å². The van der Waals surface area contributed by atoms with Crippen LogP contribution < -0.4 is 16.4 Å². The van der Waals surface area contributed by atoms with Crippen molar-refractivity contribution in [2.75, 3.05) is 31.6 Å². The van der Waals surface area contributed by atoms with Crippen molar-refractivity contribution in [1.29, 1.82) is 5.41 Å². The van der Waals surface area contributed by atoms with Crippen LogP contribution in [0.25, 0.3) is 0 Å². The average Bonchev–Trinajstić information content (AvgIpc) is 2.92. The van der Waals surface area contributed by atoms with Crippen molar-refractivity contribution in [3.8, 4) is 0 Å². The van der Waals surface area contributed by atoms with Crippen LogP contribution in [0.4, 0.5) is 5.82 Å². The van der Waals surface area contributed by atoms with E-state index in [4.69, 9.17) is 21.6 Å². The van der Waals surface area contributed by atoms with Crippen molar-refractivity contribution < 1.29 is 4.74 Å². The smallest absolute Gasteiger partial charge is 0.132 e. The summed E-state index contributed by atoms with van der Waals surface area (Å²) in [5, 5.41) is 8.75. The van der Waals surface area contributed by atoms with E-state index in [1.807, 2.05) is 18.2 Å². The number of allylic oxidation sites excluding steroid dienone is 4. The summed E-state index contributed by atoms with van der Waals surface area (Å²) in [5.41, 5.74) is 14.8. The standard InChI is InChI=1S/C22H31N7O/c1-22(2)6-7-29(8-9-30-22)20-11-19(27-14-28-20)21(25)17-10-15(4-5-18(17)24)16(12-23)13-26-3/h5,10-15,25H,4,6-9,23-24H2,1-3H3. The van der Waals surface area contributed by atoms with Crippen LogP contribution in [-0.2, 0) is 4.74 Å². The molecule has 1 fully saturated rings. The lowest BCUT2D eigenvalue weighted by Gasteiger charge is -2.24. The highest BCUT2D eigenvalue weighted by atomic mass is 16.5. The molecule has 5 N–H and O–H groups in total. The van der Waals surface area contributed by atoms with Crippen LogP contribution >= 0.6 is 0 Å². The maximum Gasteiger partial charge on any atom is 0.132 e. The third-order valence-corrected chi connectivity index (χ3v) is 5.51. The van der Waals surface area contributed by atoms with Crippen LogP contribution in [0, 0.1) is 11.3 Å². The van der Waals surface area contributed by atoms with E-state index in [0.717, 1.165) is 37.3 Å². The molecule has 1 aromatic rings. The molecule has 1 atom stereocenters. The van der Waals surface area contributed by atoms with Crippen molar-refractivity contribution in [1.82, 2.24) is 9.97 Å². The highest BCUT2D eigenvalue weighted by molar-refractivity contribution is 6.12. The number of anilines is 1. The highest BCUT2D eigenvalue weighted by Gasteiger charge is 2.25. The zero-order valence-electron chi connectivity index (χ0n) is 17.9. The van der Waals surface area contributed by atoms with Gasteiger partial charge in [0.1, 0.15) is 12.1 Å². The molecule has 0 amide bonds. The van der Waals surface area contributed by atoms with Gasteiger partial charge in [-0.2, -0.15) is 0 Å². The van der Waals surface area contributed by atoms with Crippen molar-refractivity contribution in [2.45, 2.75) is 32.3 Å². The van der Waals surface area contributed by atoms with Gasteiger partial charge in [-0.25, -0.2) is 9.97 Å². The van der Waals surface area contributed by atoms with E-state index >= 15 is 0 Å². The van der Waals surface area contributed by atoms with E-state index in [2.05, 4.69) is 33.7 Å². The number of nitrogens with zero attached hydrogens (tertiary/aromatic N) is 4. The number of ether oxygens (including phenoxy) is 1. The number of aromatic nitrogens is 2.